The zero-order valence-corrected chi connectivity index (χ0v) is 13.7. The van der Waals surface area contributed by atoms with Gasteiger partial charge in [-0.2, -0.15) is 0 Å². The number of likely N-dealkylation sites (N-methyl/N-ethyl adjacent to an activating group) is 1. The molecule has 0 saturated heterocycles. The quantitative estimate of drug-likeness (QED) is 0.705. The maximum atomic E-state index is 5.66. The highest BCUT2D eigenvalue weighted by Crippen LogP contribution is 2.17. The summed E-state index contributed by atoms with van der Waals surface area (Å²) in [6.07, 6.45) is 1.20. The van der Waals surface area contributed by atoms with Gasteiger partial charge in [-0.1, -0.05) is 28.9 Å². The minimum Gasteiger partial charge on any atom is -0.492 e. The molecule has 0 aliphatic carbocycles. The first-order valence-corrected chi connectivity index (χ1v) is 7.72. The average Bonchev–Trinajstić information content (AvgIpc) is 2.41. The summed E-state index contributed by atoms with van der Waals surface area (Å²) < 4.78 is 6.71. The fourth-order valence-electron chi connectivity index (χ4n) is 1.71. The maximum Gasteiger partial charge on any atom is 0.120 e. The zero-order valence-electron chi connectivity index (χ0n) is 12.2. The molecule has 4 heteroatoms. The van der Waals surface area contributed by atoms with Crippen LogP contribution >= 0.6 is 15.9 Å². The van der Waals surface area contributed by atoms with Crippen LogP contribution in [0.25, 0.3) is 0 Å². The Labute approximate surface area is 125 Å². The molecule has 0 saturated carbocycles. The second-order valence-corrected chi connectivity index (χ2v) is 5.71. The van der Waals surface area contributed by atoms with Crippen LogP contribution in [0.15, 0.2) is 28.7 Å². The minimum absolute atomic E-state index is 0.653. The van der Waals surface area contributed by atoms with E-state index in [-0.39, 0.29) is 0 Å². The van der Waals surface area contributed by atoms with Crippen molar-refractivity contribution in [3.63, 3.8) is 0 Å². The van der Waals surface area contributed by atoms with Crippen LogP contribution in [0.4, 0.5) is 0 Å². The number of benzene rings is 1. The van der Waals surface area contributed by atoms with E-state index in [0.717, 1.165) is 29.9 Å². The van der Waals surface area contributed by atoms with Gasteiger partial charge in [0, 0.05) is 30.1 Å². The van der Waals surface area contributed by atoms with Crippen molar-refractivity contribution < 1.29 is 4.74 Å². The van der Waals surface area contributed by atoms with Gasteiger partial charge in [-0.25, -0.2) is 0 Å². The maximum absolute atomic E-state index is 5.66. The Hall–Kier alpha value is -0.580. The van der Waals surface area contributed by atoms with Crippen molar-refractivity contribution in [2.75, 3.05) is 33.3 Å². The average molecular weight is 329 g/mol. The summed E-state index contributed by atoms with van der Waals surface area (Å²) in [5.41, 5.74) is 0. The molecule has 0 amide bonds. The van der Waals surface area contributed by atoms with Crippen molar-refractivity contribution in [1.29, 1.82) is 0 Å². The molecule has 0 bridgehead atoms. The summed E-state index contributed by atoms with van der Waals surface area (Å²) >= 11 is 3.43. The highest BCUT2D eigenvalue weighted by molar-refractivity contribution is 9.10. The van der Waals surface area contributed by atoms with Gasteiger partial charge in [0.15, 0.2) is 0 Å². The lowest BCUT2D eigenvalue weighted by atomic mass is 10.2. The van der Waals surface area contributed by atoms with Gasteiger partial charge in [0.05, 0.1) is 0 Å². The molecule has 0 radical (unpaired) electrons. The number of hydrogen-bond acceptors (Lipinski definition) is 3. The summed E-state index contributed by atoms with van der Waals surface area (Å²) in [6, 6.07) is 8.59. The first-order chi connectivity index (χ1) is 9.13. The molecule has 1 atom stereocenters. The molecule has 0 aromatic heterocycles. The van der Waals surface area contributed by atoms with Gasteiger partial charge >= 0.3 is 0 Å². The van der Waals surface area contributed by atoms with Crippen molar-refractivity contribution >= 4 is 15.9 Å². The second-order valence-electron chi connectivity index (χ2n) is 4.79. The van der Waals surface area contributed by atoms with Crippen molar-refractivity contribution in [3.8, 4) is 5.75 Å². The number of nitrogens with one attached hydrogen (secondary N) is 1. The third-order valence-corrected chi connectivity index (χ3v) is 3.82. The normalized spacial score (nSPS) is 12.7. The smallest absolute Gasteiger partial charge is 0.120 e. The Morgan fingerprint density at radius 1 is 1.37 bits per heavy atom. The third kappa shape index (κ3) is 6.95. The Balaban J connectivity index is 2.05. The summed E-state index contributed by atoms with van der Waals surface area (Å²) in [7, 11) is 2.17. The summed E-state index contributed by atoms with van der Waals surface area (Å²) in [4.78, 5) is 2.38. The van der Waals surface area contributed by atoms with Crippen LogP contribution in [0.1, 0.15) is 20.3 Å². The zero-order chi connectivity index (χ0) is 14.1. The van der Waals surface area contributed by atoms with Crippen LogP contribution < -0.4 is 10.1 Å². The number of nitrogens with zero attached hydrogens (tertiary/aromatic N) is 1. The molecule has 1 rings (SSSR count). The van der Waals surface area contributed by atoms with Crippen LogP contribution in [0.3, 0.4) is 0 Å². The van der Waals surface area contributed by atoms with Gasteiger partial charge in [-0.05, 0) is 38.6 Å². The standard InChI is InChI=1S/C15H25BrN2O/c1-4-13(2)18(3)10-8-17-9-11-19-15-7-5-6-14(16)12-15/h5-7,12-13,17H,4,8-11H2,1-3H3. The Bertz CT molecular complexity index is 360. The molecule has 0 fully saturated rings. The molecule has 108 valence electrons. The Morgan fingerprint density at radius 2 is 2.16 bits per heavy atom. The predicted octanol–water partition coefficient (Wildman–Crippen LogP) is 3.15. The molecule has 1 aromatic rings. The van der Waals surface area contributed by atoms with Crippen LogP contribution in [0.2, 0.25) is 0 Å². The molecule has 0 aliphatic rings. The van der Waals surface area contributed by atoms with E-state index in [1.165, 1.54) is 6.42 Å². The highest BCUT2D eigenvalue weighted by Gasteiger charge is 2.04. The molecule has 1 unspecified atom stereocenters. The van der Waals surface area contributed by atoms with Crippen LogP contribution in [-0.2, 0) is 0 Å². The number of rotatable bonds is 9. The van der Waals surface area contributed by atoms with E-state index in [1.54, 1.807) is 0 Å². The van der Waals surface area contributed by atoms with Crippen LogP contribution in [0.5, 0.6) is 5.75 Å². The largest absolute Gasteiger partial charge is 0.492 e. The Kier molecular flexibility index (Phi) is 8.10. The predicted molar refractivity (Wildman–Crippen MR) is 84.9 cm³/mol. The molecule has 19 heavy (non-hydrogen) atoms. The fourth-order valence-corrected chi connectivity index (χ4v) is 2.09. The molecule has 1 N–H and O–H groups in total. The minimum atomic E-state index is 0.653. The molecule has 0 heterocycles. The van der Waals surface area contributed by atoms with Crippen molar-refractivity contribution in [3.05, 3.63) is 28.7 Å². The van der Waals surface area contributed by atoms with E-state index in [4.69, 9.17) is 4.74 Å². The van der Waals surface area contributed by atoms with Crippen molar-refractivity contribution in [1.82, 2.24) is 10.2 Å². The van der Waals surface area contributed by atoms with E-state index in [1.807, 2.05) is 24.3 Å². The van der Waals surface area contributed by atoms with Gasteiger partial charge in [0.1, 0.15) is 12.4 Å². The topological polar surface area (TPSA) is 24.5 Å². The molecule has 0 spiro atoms. The molecular weight excluding hydrogens is 304 g/mol. The van der Waals surface area contributed by atoms with E-state index in [0.29, 0.717) is 12.6 Å². The van der Waals surface area contributed by atoms with Crippen molar-refractivity contribution in [2.24, 2.45) is 0 Å². The summed E-state index contributed by atoms with van der Waals surface area (Å²) in [5, 5.41) is 3.40. The summed E-state index contributed by atoms with van der Waals surface area (Å²) in [5.74, 6) is 0.910. The van der Waals surface area contributed by atoms with E-state index in [9.17, 15) is 0 Å². The molecule has 1 aromatic carbocycles. The van der Waals surface area contributed by atoms with Gasteiger partial charge in [0.25, 0.3) is 0 Å². The van der Waals surface area contributed by atoms with Crippen LogP contribution in [-0.4, -0.2) is 44.2 Å². The van der Waals surface area contributed by atoms with Crippen molar-refractivity contribution in [2.45, 2.75) is 26.3 Å². The van der Waals surface area contributed by atoms with Gasteiger partial charge in [-0.15, -0.1) is 0 Å². The monoisotopic (exact) mass is 328 g/mol. The summed E-state index contributed by atoms with van der Waals surface area (Å²) in [6.45, 7) is 8.13. The Morgan fingerprint density at radius 3 is 2.84 bits per heavy atom. The second kappa shape index (κ2) is 9.34. The first kappa shape index (κ1) is 16.5. The molecule has 0 aliphatic heterocycles. The lowest BCUT2D eigenvalue weighted by Crippen LogP contribution is -2.36. The lowest BCUT2D eigenvalue weighted by Gasteiger charge is -2.23. The number of halogens is 1. The molecular formula is C15H25BrN2O. The van der Waals surface area contributed by atoms with Crippen LogP contribution in [0, 0.1) is 0 Å². The highest BCUT2D eigenvalue weighted by atomic mass is 79.9. The van der Waals surface area contributed by atoms with Gasteiger partial charge in [-0.3, -0.25) is 0 Å². The number of hydrogen-bond donors (Lipinski definition) is 1. The number of ether oxygens (including phenoxy) is 1. The lowest BCUT2D eigenvalue weighted by molar-refractivity contribution is 0.247. The SMILES string of the molecule is CCC(C)N(C)CCNCCOc1cccc(Br)c1. The third-order valence-electron chi connectivity index (χ3n) is 3.33. The van der Waals surface area contributed by atoms with Gasteiger partial charge < -0.3 is 15.0 Å². The fraction of sp³-hybridized carbons (Fsp3) is 0.600. The van der Waals surface area contributed by atoms with E-state index < -0.39 is 0 Å². The molecule has 3 nitrogen and oxygen atoms in total. The van der Waals surface area contributed by atoms with Gasteiger partial charge in [0.2, 0.25) is 0 Å². The first-order valence-electron chi connectivity index (χ1n) is 6.92. The van der Waals surface area contributed by atoms with E-state index in [2.05, 4.69) is 47.0 Å². The van der Waals surface area contributed by atoms with E-state index >= 15 is 0 Å².